The van der Waals surface area contributed by atoms with Crippen molar-refractivity contribution in [2.75, 3.05) is 58.8 Å². The first-order valence-electron chi connectivity index (χ1n) is 30.7. The van der Waals surface area contributed by atoms with E-state index in [1.807, 2.05) is 79.7 Å². The third-order valence-corrected chi connectivity index (χ3v) is 24.2. The first-order valence-corrected chi connectivity index (χ1v) is 34.2. The normalized spacial score (nSPS) is 23.3. The van der Waals surface area contributed by atoms with Crippen LogP contribution in [0.15, 0.2) is 85.1 Å². The number of benzene rings is 2. The van der Waals surface area contributed by atoms with Gasteiger partial charge in [0.05, 0.1) is 36.7 Å². The zero-order valence-corrected chi connectivity index (χ0v) is 55.2. The summed E-state index contributed by atoms with van der Waals surface area (Å²) in [5.74, 6) is -0.903. The van der Waals surface area contributed by atoms with Gasteiger partial charge in [0.15, 0.2) is 5.69 Å². The Labute approximate surface area is 503 Å². The maximum Gasteiger partial charge on any atom is 0.410 e. The fourth-order valence-electron chi connectivity index (χ4n) is 15.5. The lowest BCUT2D eigenvalue weighted by Gasteiger charge is -2.69. The van der Waals surface area contributed by atoms with Crippen LogP contribution in [0.4, 0.5) is 4.79 Å². The highest BCUT2D eigenvalue weighted by atomic mass is 32.2. The molecule has 4 bridgehead atoms. The van der Waals surface area contributed by atoms with E-state index in [2.05, 4.69) is 117 Å². The maximum atomic E-state index is 14.1. The summed E-state index contributed by atoms with van der Waals surface area (Å²) in [6.45, 7) is 32.5. The molecule has 5 fully saturated rings. The second-order valence-electron chi connectivity index (χ2n) is 29.9. The van der Waals surface area contributed by atoms with Gasteiger partial charge in [-0.2, -0.15) is 8.42 Å². The van der Waals surface area contributed by atoms with Gasteiger partial charge in [-0.25, -0.2) is 14.6 Å². The van der Waals surface area contributed by atoms with E-state index in [0.717, 1.165) is 56.3 Å². The molecule has 84 heavy (non-hydrogen) atoms. The largest absolute Gasteiger partial charge is 0.455 e. The van der Waals surface area contributed by atoms with Gasteiger partial charge in [0.25, 0.3) is 18.4 Å². The van der Waals surface area contributed by atoms with E-state index in [-0.39, 0.29) is 75.9 Å². The predicted molar refractivity (Wildman–Crippen MR) is 334 cm³/mol. The van der Waals surface area contributed by atoms with Gasteiger partial charge < -0.3 is 33.4 Å². The van der Waals surface area contributed by atoms with E-state index in [1.54, 1.807) is 11.9 Å². The minimum atomic E-state index is -3.96. The lowest BCUT2D eigenvalue weighted by atomic mass is 9.39. The Kier molecular flexibility index (Phi) is 19.1. The number of ether oxygens (including phenoxy) is 3. The lowest BCUT2D eigenvalue weighted by Crippen LogP contribution is -2.66. The summed E-state index contributed by atoms with van der Waals surface area (Å²) in [5.41, 5.74) is 1.15. The van der Waals surface area contributed by atoms with Crippen molar-refractivity contribution in [3.8, 4) is 11.1 Å². The molecule has 4 saturated carbocycles. The van der Waals surface area contributed by atoms with Gasteiger partial charge in [0, 0.05) is 75.4 Å². The molecule has 15 nitrogen and oxygen atoms in total. The van der Waals surface area contributed by atoms with Crippen molar-refractivity contribution in [1.82, 2.24) is 24.7 Å². The van der Waals surface area contributed by atoms with Gasteiger partial charge in [-0.1, -0.05) is 115 Å². The quantitative estimate of drug-likeness (QED) is 0.0425. The smallest absolute Gasteiger partial charge is 0.410 e. The van der Waals surface area contributed by atoms with Crippen LogP contribution in [0.25, 0.3) is 11.1 Å². The Bertz CT molecular complexity index is 3010. The van der Waals surface area contributed by atoms with Crippen LogP contribution >= 0.6 is 0 Å². The number of nitrogens with zero attached hydrogens (tertiary/aromatic N) is 4. The van der Waals surface area contributed by atoms with Gasteiger partial charge >= 0.3 is 12.1 Å². The van der Waals surface area contributed by atoms with Gasteiger partial charge in [0.1, 0.15) is 11.2 Å². The van der Waals surface area contributed by atoms with E-state index >= 15 is 0 Å². The molecule has 2 atom stereocenters. The van der Waals surface area contributed by atoms with Crippen molar-refractivity contribution < 1.29 is 45.6 Å². The van der Waals surface area contributed by atoms with Crippen molar-refractivity contribution in [3.63, 3.8) is 0 Å². The predicted octanol–water partition coefficient (Wildman–Crippen LogP) is 11.3. The van der Waals surface area contributed by atoms with Gasteiger partial charge in [0.2, 0.25) is 5.91 Å². The van der Waals surface area contributed by atoms with Crippen molar-refractivity contribution in [3.05, 3.63) is 102 Å². The van der Waals surface area contributed by atoms with Crippen LogP contribution < -0.4 is 15.7 Å². The molecule has 2 aromatic heterocycles. The van der Waals surface area contributed by atoms with Crippen molar-refractivity contribution >= 4 is 46.8 Å². The molecule has 1 N–H and O–H groups in total. The topological polar surface area (TPSA) is 168 Å². The average molecular weight is 1190 g/mol. The Morgan fingerprint density at radius 1 is 0.738 bits per heavy atom. The number of piperidine rings is 1. The average Bonchev–Trinajstić information content (AvgIpc) is 0.757. The molecular formula is C67H99N5O10SSi. The number of carbonyl (C=O) groups excluding carboxylic acids is 3. The molecule has 0 radical (unpaired) electrons. The third kappa shape index (κ3) is 15.6. The van der Waals surface area contributed by atoms with Gasteiger partial charge in [-0.15, -0.1) is 0 Å². The SMILES string of the molecule is CNC(=O)Cc1ccc(-c2ccn(CC34CC5(C)CC(C)(C3)CC(OCCN(CCS(=O)(=O)OCC(C)(C)CCO[Si](c3ccccc3)(c3ccccc3)C(C)(C)C)C3CCN(C(=O)OC(C)(C)C)CC3)(C5)C4)c2C)c(C(=O)OC(C)(C)C)n1. The number of likely N-dealkylation sites (N-methyl/N-ethyl adjacent to an activating group) is 1. The second-order valence-corrected chi connectivity index (χ2v) is 36.0. The van der Waals surface area contributed by atoms with Crippen LogP contribution in [-0.2, 0) is 50.7 Å². The molecule has 17 heteroatoms. The molecule has 1 aliphatic heterocycles. The van der Waals surface area contributed by atoms with Gasteiger partial charge in [-0.05, 0) is 155 Å². The number of nitrogens with one attached hydrogen (secondary N) is 1. The molecule has 4 aromatic rings. The van der Waals surface area contributed by atoms with Crippen LogP contribution in [-0.4, -0.2) is 136 Å². The second kappa shape index (κ2) is 24.7. The van der Waals surface area contributed by atoms with E-state index < -0.39 is 41.0 Å². The first kappa shape index (κ1) is 65.1. The summed E-state index contributed by atoms with van der Waals surface area (Å²) in [7, 11) is -5.16. The Morgan fingerprint density at radius 2 is 1.33 bits per heavy atom. The Morgan fingerprint density at radius 3 is 1.89 bits per heavy atom. The minimum absolute atomic E-state index is 0.0271. The number of rotatable bonds is 23. The summed E-state index contributed by atoms with van der Waals surface area (Å²) in [4.78, 5) is 48.2. The van der Waals surface area contributed by atoms with Crippen LogP contribution in [0.5, 0.6) is 0 Å². The number of pyridine rings is 1. The Balaban J connectivity index is 0.960. The molecule has 2 aromatic carbocycles. The molecule has 1 saturated heterocycles. The number of hydrogen-bond acceptors (Lipinski definition) is 12. The molecule has 5 aliphatic rings. The van der Waals surface area contributed by atoms with Crippen LogP contribution in [0.1, 0.15) is 170 Å². The van der Waals surface area contributed by atoms with Gasteiger partial charge in [-0.3, -0.25) is 13.9 Å². The summed E-state index contributed by atoms with van der Waals surface area (Å²) < 4.78 is 62.6. The molecule has 9 rings (SSSR count). The molecule has 4 aliphatic carbocycles. The highest BCUT2D eigenvalue weighted by molar-refractivity contribution is 7.86. The highest BCUT2D eigenvalue weighted by Crippen LogP contribution is 2.72. The van der Waals surface area contributed by atoms with E-state index in [1.165, 1.54) is 10.4 Å². The molecule has 2 unspecified atom stereocenters. The number of hydrogen-bond donors (Lipinski definition) is 1. The molecule has 3 heterocycles. The molecule has 0 spiro atoms. The zero-order valence-electron chi connectivity index (χ0n) is 53.4. The lowest BCUT2D eigenvalue weighted by molar-refractivity contribution is -0.248. The summed E-state index contributed by atoms with van der Waals surface area (Å²) in [5, 5.41) is 4.87. The van der Waals surface area contributed by atoms with E-state index in [4.69, 9.17) is 27.8 Å². The number of likely N-dealkylation sites (tertiary alicyclic amines) is 1. The summed E-state index contributed by atoms with van der Waals surface area (Å²) in [6, 6.07) is 26.9. The third-order valence-electron chi connectivity index (χ3n) is 18.0. The van der Waals surface area contributed by atoms with Crippen molar-refractivity contribution in [2.45, 2.75) is 196 Å². The fourth-order valence-corrected chi connectivity index (χ4v) is 21.2. The highest BCUT2D eigenvalue weighted by Gasteiger charge is 2.66. The van der Waals surface area contributed by atoms with Crippen LogP contribution in [0, 0.1) is 28.6 Å². The molecule has 462 valence electrons. The van der Waals surface area contributed by atoms with Crippen LogP contribution in [0.3, 0.4) is 0 Å². The Hall–Kier alpha value is -4.91. The van der Waals surface area contributed by atoms with Crippen molar-refractivity contribution in [2.24, 2.45) is 21.7 Å². The molecular weight excluding hydrogens is 1090 g/mol. The standard InChI is InChI=1S/C67H99N5O10SSi/c1-49-54(55-27-26-50(40-56(73)68-15)69-57(55)58(74)81-60(2,3)4)30-34-72(49)47-66-42-64(13)41-65(14,43-66)45-67(44-64,46-66)78-38-35-70(51-28-32-71(33-29-51)59(75)82-61(5,6)7)36-39-83(76,77)79-48-63(11,12)31-37-80-84(62(8,9)10,52-22-18-16-19-23-52)53-24-20-17-21-25-53/h16-27,30,34,51H,28-29,31-33,35-48H2,1-15H3,(H,68,73). The summed E-state index contributed by atoms with van der Waals surface area (Å²) >= 11 is 0. The van der Waals surface area contributed by atoms with E-state index in [9.17, 15) is 22.8 Å². The molecule has 2 amide bonds. The zero-order chi connectivity index (χ0) is 61.4. The van der Waals surface area contributed by atoms with Crippen molar-refractivity contribution in [1.29, 1.82) is 0 Å². The first-order chi connectivity index (χ1) is 39.1. The fraction of sp³-hybridized carbons (Fsp3) is 0.642. The number of amides is 2. The monoisotopic (exact) mass is 1190 g/mol. The van der Waals surface area contributed by atoms with E-state index in [0.29, 0.717) is 63.4 Å². The minimum Gasteiger partial charge on any atom is -0.455 e. The number of esters is 1. The number of carbonyl (C=O) groups is 3. The number of aromatic nitrogens is 2. The maximum absolute atomic E-state index is 14.1. The van der Waals surface area contributed by atoms with Crippen LogP contribution in [0.2, 0.25) is 5.04 Å². The summed E-state index contributed by atoms with van der Waals surface area (Å²) in [6.07, 6.45) is 9.95.